The predicted molar refractivity (Wildman–Crippen MR) is 83.3 cm³/mol. The number of hydrogen-bond acceptors (Lipinski definition) is 2. The fraction of sp³-hybridized carbons (Fsp3) is 0.353. The van der Waals surface area contributed by atoms with E-state index in [1.807, 2.05) is 19.1 Å². The molecule has 1 aromatic rings. The SMILES string of the molecule is C=C(CC)/C(CN1Cc2ccc(C#N)cc2C1)=C(\C)Cl. The van der Waals surface area contributed by atoms with Crippen molar-refractivity contribution in [3.05, 3.63) is 57.6 Å². The molecule has 2 nitrogen and oxygen atoms in total. The Kier molecular flexibility index (Phi) is 4.65. The molecule has 0 N–H and O–H groups in total. The third-order valence-corrected chi connectivity index (χ3v) is 4.00. The lowest BCUT2D eigenvalue weighted by molar-refractivity contribution is 0.310. The number of hydrogen-bond donors (Lipinski definition) is 0. The van der Waals surface area contributed by atoms with Gasteiger partial charge in [-0.1, -0.05) is 31.2 Å². The van der Waals surface area contributed by atoms with Crippen LogP contribution in [0.25, 0.3) is 0 Å². The highest BCUT2D eigenvalue weighted by atomic mass is 35.5. The summed E-state index contributed by atoms with van der Waals surface area (Å²) in [6.45, 7) is 10.7. The maximum atomic E-state index is 8.96. The van der Waals surface area contributed by atoms with E-state index in [0.29, 0.717) is 0 Å². The van der Waals surface area contributed by atoms with E-state index in [0.717, 1.165) is 47.8 Å². The second kappa shape index (κ2) is 6.26. The Morgan fingerprint density at radius 2 is 2.10 bits per heavy atom. The van der Waals surface area contributed by atoms with Gasteiger partial charge in [-0.3, -0.25) is 4.90 Å². The molecule has 0 aliphatic carbocycles. The van der Waals surface area contributed by atoms with Crippen molar-refractivity contribution in [1.29, 1.82) is 5.26 Å². The van der Waals surface area contributed by atoms with E-state index in [1.54, 1.807) is 0 Å². The predicted octanol–water partition coefficient (Wildman–Crippen LogP) is 4.35. The van der Waals surface area contributed by atoms with Crippen molar-refractivity contribution in [2.24, 2.45) is 0 Å². The molecular weight excluding hydrogens is 268 g/mol. The summed E-state index contributed by atoms with van der Waals surface area (Å²) in [6.07, 6.45) is 0.915. The highest BCUT2D eigenvalue weighted by molar-refractivity contribution is 6.29. The lowest BCUT2D eigenvalue weighted by atomic mass is 10.0. The molecule has 0 spiro atoms. The molecule has 2 rings (SSSR count). The van der Waals surface area contributed by atoms with Gasteiger partial charge in [0.05, 0.1) is 11.6 Å². The molecule has 0 fully saturated rings. The molecule has 0 saturated carbocycles. The molecule has 1 aliphatic heterocycles. The highest BCUT2D eigenvalue weighted by Crippen LogP contribution is 2.27. The lowest BCUT2D eigenvalue weighted by Crippen LogP contribution is -2.20. The van der Waals surface area contributed by atoms with Crippen LogP contribution in [-0.2, 0) is 13.1 Å². The van der Waals surface area contributed by atoms with E-state index in [1.165, 1.54) is 11.1 Å². The number of nitriles is 1. The second-order valence-electron chi connectivity index (χ2n) is 5.21. The molecule has 20 heavy (non-hydrogen) atoms. The van der Waals surface area contributed by atoms with Gasteiger partial charge in [-0.15, -0.1) is 0 Å². The van der Waals surface area contributed by atoms with Gasteiger partial charge < -0.3 is 0 Å². The summed E-state index contributed by atoms with van der Waals surface area (Å²) in [5, 5.41) is 9.78. The summed E-state index contributed by atoms with van der Waals surface area (Å²) in [5.41, 5.74) is 5.52. The molecule has 3 heteroatoms. The number of fused-ring (bicyclic) bond motifs is 1. The zero-order valence-electron chi connectivity index (χ0n) is 12.0. The minimum atomic E-state index is 0.729. The quantitative estimate of drug-likeness (QED) is 0.769. The van der Waals surface area contributed by atoms with Crippen molar-refractivity contribution >= 4 is 11.6 Å². The van der Waals surface area contributed by atoms with Crippen molar-refractivity contribution in [1.82, 2.24) is 4.90 Å². The largest absolute Gasteiger partial charge is 0.291 e. The van der Waals surface area contributed by atoms with Crippen LogP contribution in [-0.4, -0.2) is 11.4 Å². The Morgan fingerprint density at radius 3 is 2.70 bits per heavy atom. The average molecular weight is 287 g/mol. The minimum Gasteiger partial charge on any atom is -0.291 e. The number of allylic oxidation sites excluding steroid dienone is 1. The van der Waals surface area contributed by atoms with E-state index >= 15 is 0 Å². The molecule has 1 aliphatic rings. The molecule has 0 saturated heterocycles. The summed E-state index contributed by atoms with van der Waals surface area (Å²) in [4.78, 5) is 2.34. The fourth-order valence-electron chi connectivity index (χ4n) is 2.55. The first-order valence-electron chi connectivity index (χ1n) is 6.82. The zero-order chi connectivity index (χ0) is 14.7. The molecule has 0 unspecified atom stereocenters. The van der Waals surface area contributed by atoms with Gasteiger partial charge in [0.15, 0.2) is 0 Å². The maximum absolute atomic E-state index is 8.96. The normalized spacial score (nSPS) is 15.5. The van der Waals surface area contributed by atoms with Gasteiger partial charge in [-0.25, -0.2) is 0 Å². The smallest absolute Gasteiger partial charge is 0.0991 e. The van der Waals surface area contributed by atoms with Gasteiger partial charge >= 0.3 is 0 Å². The van der Waals surface area contributed by atoms with Gasteiger partial charge in [-0.2, -0.15) is 5.26 Å². The van der Waals surface area contributed by atoms with Gasteiger partial charge in [-0.05, 0) is 47.8 Å². The minimum absolute atomic E-state index is 0.729. The lowest BCUT2D eigenvalue weighted by Gasteiger charge is -2.19. The van der Waals surface area contributed by atoms with E-state index in [4.69, 9.17) is 16.9 Å². The number of benzene rings is 1. The van der Waals surface area contributed by atoms with Crippen LogP contribution in [0.2, 0.25) is 0 Å². The van der Waals surface area contributed by atoms with Crippen LogP contribution in [0.5, 0.6) is 0 Å². The van der Waals surface area contributed by atoms with E-state index in [-0.39, 0.29) is 0 Å². The van der Waals surface area contributed by atoms with E-state index < -0.39 is 0 Å². The Bertz CT molecular complexity index is 604. The molecule has 104 valence electrons. The van der Waals surface area contributed by atoms with Crippen LogP contribution in [0.1, 0.15) is 37.0 Å². The third kappa shape index (κ3) is 3.12. The number of nitrogens with zero attached hydrogens (tertiary/aromatic N) is 2. The topological polar surface area (TPSA) is 27.0 Å². The summed E-state index contributed by atoms with van der Waals surface area (Å²) in [7, 11) is 0. The Morgan fingerprint density at radius 1 is 1.40 bits per heavy atom. The monoisotopic (exact) mass is 286 g/mol. The van der Waals surface area contributed by atoms with Gasteiger partial charge in [0, 0.05) is 24.7 Å². The first-order chi connectivity index (χ1) is 9.55. The molecule has 1 heterocycles. The standard InChI is InChI=1S/C17H19ClN2/c1-4-12(2)17(13(3)18)11-20-9-15-6-5-14(8-19)7-16(15)10-20/h5-7H,2,4,9-11H2,1,3H3/b17-13+. The summed E-state index contributed by atoms with van der Waals surface area (Å²) in [5.74, 6) is 0. The number of rotatable bonds is 4. The van der Waals surface area contributed by atoms with Crippen molar-refractivity contribution in [2.75, 3.05) is 6.54 Å². The van der Waals surface area contributed by atoms with E-state index in [2.05, 4.69) is 30.5 Å². The molecule has 0 atom stereocenters. The molecule has 0 aromatic heterocycles. The summed E-state index contributed by atoms with van der Waals surface area (Å²) >= 11 is 6.20. The first-order valence-corrected chi connectivity index (χ1v) is 7.20. The average Bonchev–Trinajstić information content (AvgIpc) is 2.84. The van der Waals surface area contributed by atoms with Crippen LogP contribution < -0.4 is 0 Å². The summed E-state index contributed by atoms with van der Waals surface area (Å²) < 4.78 is 0. The van der Waals surface area contributed by atoms with Crippen molar-refractivity contribution in [3.63, 3.8) is 0 Å². The highest BCUT2D eigenvalue weighted by Gasteiger charge is 2.21. The van der Waals surface area contributed by atoms with Crippen molar-refractivity contribution < 1.29 is 0 Å². The van der Waals surface area contributed by atoms with Crippen molar-refractivity contribution in [2.45, 2.75) is 33.4 Å². The van der Waals surface area contributed by atoms with Gasteiger partial charge in [0.2, 0.25) is 0 Å². The molecule has 0 bridgehead atoms. The van der Waals surface area contributed by atoms with E-state index in [9.17, 15) is 0 Å². The Hall–Kier alpha value is -1.56. The van der Waals surface area contributed by atoms with Crippen LogP contribution in [0.3, 0.4) is 0 Å². The Balaban J connectivity index is 2.13. The molecule has 0 amide bonds. The third-order valence-electron chi connectivity index (χ3n) is 3.77. The van der Waals surface area contributed by atoms with Gasteiger partial charge in [0.1, 0.15) is 0 Å². The van der Waals surface area contributed by atoms with Gasteiger partial charge in [0.25, 0.3) is 0 Å². The number of halogens is 1. The second-order valence-corrected chi connectivity index (χ2v) is 5.78. The Labute approximate surface area is 126 Å². The summed E-state index contributed by atoms with van der Waals surface area (Å²) in [6, 6.07) is 8.12. The van der Waals surface area contributed by atoms with Crippen molar-refractivity contribution in [3.8, 4) is 6.07 Å². The molecule has 0 radical (unpaired) electrons. The maximum Gasteiger partial charge on any atom is 0.0991 e. The fourth-order valence-corrected chi connectivity index (χ4v) is 2.74. The van der Waals surface area contributed by atoms with Crippen LogP contribution in [0.4, 0.5) is 0 Å². The first kappa shape index (κ1) is 14.8. The molecule has 1 aromatic carbocycles. The van der Waals surface area contributed by atoms with Crippen LogP contribution in [0, 0.1) is 11.3 Å². The van der Waals surface area contributed by atoms with Crippen LogP contribution >= 0.6 is 11.6 Å². The zero-order valence-corrected chi connectivity index (χ0v) is 12.8. The van der Waals surface area contributed by atoms with Crippen LogP contribution in [0.15, 0.2) is 41.0 Å². The molecular formula is C17H19ClN2.